The Bertz CT molecular complexity index is 299. The van der Waals surface area contributed by atoms with Crippen molar-refractivity contribution in [2.75, 3.05) is 11.9 Å². The highest BCUT2D eigenvalue weighted by Gasteiger charge is 2.17. The zero-order valence-corrected chi connectivity index (χ0v) is 8.55. The zero-order chi connectivity index (χ0) is 10.6. The summed E-state index contributed by atoms with van der Waals surface area (Å²) in [5, 5.41) is 12.6. The van der Waals surface area contributed by atoms with Gasteiger partial charge in [-0.2, -0.15) is 0 Å². The Morgan fingerprint density at radius 1 is 1.43 bits per heavy atom. The molecule has 0 spiro atoms. The minimum absolute atomic E-state index is 0.292. The van der Waals surface area contributed by atoms with E-state index >= 15 is 0 Å². The van der Waals surface area contributed by atoms with Gasteiger partial charge in [-0.25, -0.2) is 4.39 Å². The summed E-state index contributed by atoms with van der Waals surface area (Å²) >= 11 is 0. The molecule has 0 fully saturated rings. The maximum absolute atomic E-state index is 13.1. The highest BCUT2D eigenvalue weighted by atomic mass is 19.1. The predicted molar refractivity (Wildman–Crippen MR) is 55.8 cm³/mol. The number of para-hydroxylation sites is 1. The molecule has 1 unspecified atom stereocenters. The summed E-state index contributed by atoms with van der Waals surface area (Å²) < 4.78 is 13.1. The Kier molecular flexibility index (Phi) is 3.47. The van der Waals surface area contributed by atoms with Crippen molar-refractivity contribution in [3.63, 3.8) is 0 Å². The Morgan fingerprint density at radius 3 is 2.64 bits per heavy atom. The second-order valence-electron chi connectivity index (χ2n) is 3.68. The molecule has 1 atom stereocenters. The van der Waals surface area contributed by atoms with Gasteiger partial charge < -0.3 is 10.4 Å². The van der Waals surface area contributed by atoms with Crippen LogP contribution in [0.3, 0.4) is 0 Å². The van der Waals surface area contributed by atoms with Crippen molar-refractivity contribution >= 4 is 5.69 Å². The predicted octanol–water partition coefficient (Wildman–Crippen LogP) is 2.40. The summed E-state index contributed by atoms with van der Waals surface area (Å²) in [5.74, 6) is -0.292. The summed E-state index contributed by atoms with van der Waals surface area (Å²) in [4.78, 5) is 0. The van der Waals surface area contributed by atoms with E-state index in [0.29, 0.717) is 18.7 Å². The first-order chi connectivity index (χ1) is 6.55. The molecule has 1 rings (SSSR count). The van der Waals surface area contributed by atoms with E-state index in [2.05, 4.69) is 5.32 Å². The lowest BCUT2D eigenvalue weighted by molar-refractivity contribution is 0.0697. The number of hydrogen-bond donors (Lipinski definition) is 2. The highest BCUT2D eigenvalue weighted by molar-refractivity contribution is 5.44. The van der Waals surface area contributed by atoms with Crippen LogP contribution in [-0.2, 0) is 0 Å². The summed E-state index contributed by atoms with van der Waals surface area (Å²) in [7, 11) is 0. The van der Waals surface area contributed by atoms with Crippen LogP contribution in [0.2, 0.25) is 0 Å². The van der Waals surface area contributed by atoms with Crippen molar-refractivity contribution in [3.8, 4) is 0 Å². The van der Waals surface area contributed by atoms with Gasteiger partial charge in [-0.3, -0.25) is 0 Å². The van der Waals surface area contributed by atoms with E-state index in [4.69, 9.17) is 0 Å². The van der Waals surface area contributed by atoms with Crippen LogP contribution >= 0.6 is 0 Å². The van der Waals surface area contributed by atoms with E-state index in [1.54, 1.807) is 25.1 Å². The number of nitrogens with one attached hydrogen (secondary N) is 1. The summed E-state index contributed by atoms with van der Waals surface area (Å²) in [5.41, 5.74) is -0.358. The number of aliphatic hydroxyl groups is 1. The average Bonchev–Trinajstić information content (AvgIpc) is 2.17. The first-order valence-electron chi connectivity index (χ1n) is 4.76. The van der Waals surface area contributed by atoms with E-state index < -0.39 is 5.60 Å². The molecule has 14 heavy (non-hydrogen) atoms. The van der Waals surface area contributed by atoms with Crippen LogP contribution in [0.15, 0.2) is 24.3 Å². The lowest BCUT2D eigenvalue weighted by atomic mass is 10.0. The third kappa shape index (κ3) is 3.00. The van der Waals surface area contributed by atoms with Gasteiger partial charge >= 0.3 is 0 Å². The van der Waals surface area contributed by atoms with E-state index in [1.807, 2.05) is 6.92 Å². The monoisotopic (exact) mass is 197 g/mol. The Labute approximate surface area is 83.8 Å². The number of anilines is 1. The van der Waals surface area contributed by atoms with Crippen LogP contribution in [0.1, 0.15) is 20.3 Å². The van der Waals surface area contributed by atoms with E-state index in [9.17, 15) is 9.50 Å². The topological polar surface area (TPSA) is 32.3 Å². The van der Waals surface area contributed by atoms with Gasteiger partial charge in [0, 0.05) is 6.54 Å². The largest absolute Gasteiger partial charge is 0.388 e. The second kappa shape index (κ2) is 4.42. The third-order valence-electron chi connectivity index (χ3n) is 2.30. The molecule has 3 heteroatoms. The Morgan fingerprint density at radius 2 is 2.07 bits per heavy atom. The molecule has 0 saturated carbocycles. The zero-order valence-electron chi connectivity index (χ0n) is 8.55. The number of rotatable bonds is 4. The number of benzene rings is 1. The number of hydrogen-bond acceptors (Lipinski definition) is 2. The maximum Gasteiger partial charge on any atom is 0.146 e. The normalized spacial score (nSPS) is 14.9. The first kappa shape index (κ1) is 11.0. The highest BCUT2D eigenvalue weighted by Crippen LogP contribution is 2.15. The molecule has 0 amide bonds. The van der Waals surface area contributed by atoms with Gasteiger partial charge in [-0.15, -0.1) is 0 Å². The standard InChI is InChI=1S/C11H16FNO/c1-3-11(2,14)8-13-10-7-5-4-6-9(10)12/h4-7,13-14H,3,8H2,1-2H3. The molecule has 0 saturated heterocycles. The van der Waals surface area contributed by atoms with Crippen LogP contribution in [0, 0.1) is 5.82 Å². The summed E-state index contributed by atoms with van der Waals surface area (Å²) in [6, 6.07) is 6.44. The van der Waals surface area contributed by atoms with Crippen molar-refractivity contribution < 1.29 is 9.50 Å². The molecule has 2 nitrogen and oxygen atoms in total. The molecule has 1 aromatic rings. The van der Waals surface area contributed by atoms with E-state index in [1.165, 1.54) is 6.07 Å². The molecule has 2 N–H and O–H groups in total. The van der Waals surface area contributed by atoms with Crippen LogP contribution in [-0.4, -0.2) is 17.3 Å². The molecule has 0 heterocycles. The first-order valence-corrected chi connectivity index (χ1v) is 4.76. The number of halogens is 1. The molecule has 1 aromatic carbocycles. The van der Waals surface area contributed by atoms with Crippen molar-refractivity contribution in [1.82, 2.24) is 0 Å². The molecule has 0 aliphatic carbocycles. The maximum atomic E-state index is 13.1. The van der Waals surface area contributed by atoms with Crippen molar-refractivity contribution in [2.24, 2.45) is 0 Å². The third-order valence-corrected chi connectivity index (χ3v) is 2.30. The van der Waals surface area contributed by atoms with Gasteiger partial charge in [0.1, 0.15) is 5.82 Å². The molecule has 78 valence electrons. The van der Waals surface area contributed by atoms with Gasteiger partial charge in [0.25, 0.3) is 0 Å². The SMILES string of the molecule is CCC(C)(O)CNc1ccccc1F. The van der Waals surface area contributed by atoms with Gasteiger partial charge in [0.2, 0.25) is 0 Å². The Balaban J connectivity index is 2.58. The minimum Gasteiger partial charge on any atom is -0.388 e. The molecule has 0 aromatic heterocycles. The molecule has 0 radical (unpaired) electrons. The molecular formula is C11H16FNO. The fraction of sp³-hybridized carbons (Fsp3) is 0.455. The van der Waals surface area contributed by atoms with Crippen molar-refractivity contribution in [3.05, 3.63) is 30.1 Å². The second-order valence-corrected chi connectivity index (χ2v) is 3.68. The van der Waals surface area contributed by atoms with Crippen molar-refractivity contribution in [1.29, 1.82) is 0 Å². The van der Waals surface area contributed by atoms with E-state index in [0.717, 1.165) is 0 Å². The quantitative estimate of drug-likeness (QED) is 0.776. The van der Waals surface area contributed by atoms with E-state index in [-0.39, 0.29) is 5.82 Å². The van der Waals surface area contributed by atoms with Crippen LogP contribution in [0.5, 0.6) is 0 Å². The fourth-order valence-electron chi connectivity index (χ4n) is 1.02. The molecular weight excluding hydrogens is 181 g/mol. The summed E-state index contributed by atoms with van der Waals surface area (Å²) in [6.45, 7) is 3.97. The van der Waals surface area contributed by atoms with Gasteiger partial charge in [0.05, 0.1) is 11.3 Å². The van der Waals surface area contributed by atoms with Gasteiger partial charge in [0.15, 0.2) is 0 Å². The smallest absolute Gasteiger partial charge is 0.146 e. The summed E-state index contributed by atoms with van der Waals surface area (Å²) in [6.07, 6.45) is 0.633. The van der Waals surface area contributed by atoms with Crippen LogP contribution in [0.25, 0.3) is 0 Å². The minimum atomic E-state index is -0.789. The molecule has 0 aliphatic rings. The lowest BCUT2D eigenvalue weighted by Crippen LogP contribution is -2.32. The van der Waals surface area contributed by atoms with Crippen LogP contribution < -0.4 is 5.32 Å². The Hall–Kier alpha value is -1.09. The van der Waals surface area contributed by atoms with Crippen molar-refractivity contribution in [2.45, 2.75) is 25.9 Å². The van der Waals surface area contributed by atoms with Crippen LogP contribution in [0.4, 0.5) is 10.1 Å². The average molecular weight is 197 g/mol. The van der Waals surface area contributed by atoms with Gasteiger partial charge in [-0.05, 0) is 25.5 Å². The fourth-order valence-corrected chi connectivity index (χ4v) is 1.02. The van der Waals surface area contributed by atoms with Gasteiger partial charge in [-0.1, -0.05) is 19.1 Å². The molecule has 0 bridgehead atoms. The molecule has 0 aliphatic heterocycles. The lowest BCUT2D eigenvalue weighted by Gasteiger charge is -2.22.